The van der Waals surface area contributed by atoms with Crippen molar-refractivity contribution in [2.24, 2.45) is 0 Å². The third-order valence-electron chi connectivity index (χ3n) is 11.7. The molecule has 0 bridgehead atoms. The Morgan fingerprint density at radius 1 is 0.377 bits per heavy atom. The maximum absolute atomic E-state index is 6.29. The van der Waals surface area contributed by atoms with Crippen LogP contribution in [0.2, 0.25) is 0 Å². The van der Waals surface area contributed by atoms with E-state index in [1.807, 2.05) is 12.1 Å². The van der Waals surface area contributed by atoms with E-state index in [1.54, 1.807) is 0 Å². The summed E-state index contributed by atoms with van der Waals surface area (Å²) in [6.07, 6.45) is 8.52. The van der Waals surface area contributed by atoms with E-state index >= 15 is 0 Å². The molecule has 3 heteroatoms. The minimum atomic E-state index is 0.903. The number of allylic oxidation sites excluding steroid dienone is 2. The Labute approximate surface area is 355 Å². The van der Waals surface area contributed by atoms with Crippen LogP contribution in [0.25, 0.3) is 83.8 Å². The zero-order valence-corrected chi connectivity index (χ0v) is 33.4. The fraction of sp³-hybridized carbons (Fsp3) is 0. The third-order valence-corrected chi connectivity index (χ3v) is 11.7. The third kappa shape index (κ3) is 6.69. The molecular weight excluding hydrogens is 741 g/mol. The van der Waals surface area contributed by atoms with Crippen LogP contribution >= 0.6 is 0 Å². The number of furan rings is 1. The molecular formula is C58H40N2O. The maximum Gasteiger partial charge on any atom is 0.142 e. The van der Waals surface area contributed by atoms with E-state index in [0.717, 1.165) is 66.9 Å². The highest BCUT2D eigenvalue weighted by Gasteiger charge is 2.17. The van der Waals surface area contributed by atoms with Gasteiger partial charge in [0.15, 0.2) is 0 Å². The normalized spacial score (nSPS) is 11.8. The Hall–Kier alpha value is -8.14. The minimum Gasteiger partial charge on any atom is -0.455 e. The summed E-state index contributed by atoms with van der Waals surface area (Å²) >= 11 is 0. The second kappa shape index (κ2) is 15.6. The van der Waals surface area contributed by atoms with Gasteiger partial charge < -0.3 is 13.9 Å². The highest BCUT2D eigenvalue weighted by Crippen LogP contribution is 2.40. The molecule has 0 amide bonds. The molecule has 0 atom stereocenters. The van der Waals surface area contributed by atoms with Gasteiger partial charge in [-0.25, -0.2) is 0 Å². The van der Waals surface area contributed by atoms with Crippen molar-refractivity contribution < 1.29 is 4.42 Å². The zero-order chi connectivity index (χ0) is 40.5. The van der Waals surface area contributed by atoms with Gasteiger partial charge in [-0.15, -0.1) is 0 Å². The number of hydrogen-bond acceptors (Lipinski definition) is 2. The highest BCUT2D eigenvalue weighted by atomic mass is 16.3. The van der Waals surface area contributed by atoms with Crippen LogP contribution in [-0.4, -0.2) is 4.57 Å². The lowest BCUT2D eigenvalue weighted by Crippen LogP contribution is -2.11. The number of aromatic nitrogens is 1. The van der Waals surface area contributed by atoms with Crippen LogP contribution in [0.3, 0.4) is 0 Å². The van der Waals surface area contributed by atoms with Crippen molar-refractivity contribution in [2.45, 2.75) is 0 Å². The molecule has 0 unspecified atom stereocenters. The van der Waals surface area contributed by atoms with Crippen LogP contribution in [0.5, 0.6) is 0 Å². The average Bonchev–Trinajstić information content (AvgIpc) is 3.88. The molecule has 0 fully saturated rings. The fourth-order valence-electron chi connectivity index (χ4n) is 8.74. The smallest absolute Gasteiger partial charge is 0.142 e. The molecule has 0 spiro atoms. The number of nitrogens with zero attached hydrogens (tertiary/aromatic N) is 2. The first kappa shape index (κ1) is 36.0. The Morgan fingerprint density at radius 2 is 0.885 bits per heavy atom. The van der Waals surface area contributed by atoms with Crippen molar-refractivity contribution in [1.82, 2.24) is 4.57 Å². The van der Waals surface area contributed by atoms with Crippen molar-refractivity contribution >= 4 is 73.0 Å². The lowest BCUT2D eigenvalue weighted by Gasteiger charge is -2.27. The van der Waals surface area contributed by atoms with Crippen molar-refractivity contribution in [3.63, 3.8) is 0 Å². The molecule has 2 aromatic heterocycles. The predicted molar refractivity (Wildman–Crippen MR) is 258 cm³/mol. The van der Waals surface area contributed by atoms with E-state index in [0.29, 0.717) is 0 Å². The van der Waals surface area contributed by atoms with E-state index in [9.17, 15) is 0 Å². The fourth-order valence-corrected chi connectivity index (χ4v) is 8.74. The van der Waals surface area contributed by atoms with Crippen LogP contribution in [0.4, 0.5) is 17.1 Å². The Balaban J connectivity index is 0.953. The van der Waals surface area contributed by atoms with Gasteiger partial charge in [0.2, 0.25) is 0 Å². The molecule has 11 aromatic rings. The molecule has 61 heavy (non-hydrogen) atoms. The van der Waals surface area contributed by atoms with Crippen molar-refractivity contribution in [3.8, 4) is 27.9 Å². The van der Waals surface area contributed by atoms with Crippen LogP contribution in [0.15, 0.2) is 235 Å². The van der Waals surface area contributed by atoms with E-state index < -0.39 is 0 Å². The summed E-state index contributed by atoms with van der Waals surface area (Å²) in [5.74, 6) is 0. The lowest BCUT2D eigenvalue weighted by atomic mass is 10.0. The lowest BCUT2D eigenvalue weighted by molar-refractivity contribution is 0.668. The Kier molecular flexibility index (Phi) is 9.18. The molecule has 0 N–H and O–H groups in total. The Morgan fingerprint density at radius 3 is 1.61 bits per heavy atom. The molecule has 288 valence electrons. The molecule has 2 heterocycles. The number of anilines is 3. The molecule has 11 rings (SSSR count). The van der Waals surface area contributed by atoms with Gasteiger partial charge in [-0.05, 0) is 88.5 Å². The standard InChI is InChI=1S/C58H40N2O/c1-2-16-41(17-3-1)42-32-36-47(37-33-42)59(54-28-10-6-19-44(54)18-4-5-20-45-21-15-27-53-52-26-9-13-31-57(52)61-58(45)53)48-38-34-43(35-39-48)46-22-14-23-49(40-46)60-55-29-11-7-24-50(55)51-25-8-12-30-56(51)60/h1-40H/b18-4+,20-5-. The Bertz CT molecular complexity index is 3350. The molecule has 0 aliphatic carbocycles. The van der Waals surface area contributed by atoms with Crippen LogP contribution in [0, 0.1) is 0 Å². The largest absolute Gasteiger partial charge is 0.455 e. The molecule has 0 radical (unpaired) electrons. The summed E-state index contributed by atoms with van der Waals surface area (Å²) in [4.78, 5) is 2.35. The van der Waals surface area contributed by atoms with Crippen LogP contribution in [-0.2, 0) is 0 Å². The average molecular weight is 781 g/mol. The summed E-state index contributed by atoms with van der Waals surface area (Å²) in [6.45, 7) is 0. The van der Waals surface area contributed by atoms with Crippen molar-refractivity contribution in [2.75, 3.05) is 4.90 Å². The van der Waals surface area contributed by atoms with Gasteiger partial charge in [-0.1, -0.05) is 182 Å². The first-order valence-electron chi connectivity index (χ1n) is 20.8. The highest BCUT2D eigenvalue weighted by molar-refractivity contribution is 6.09. The molecule has 0 saturated carbocycles. The van der Waals surface area contributed by atoms with Crippen LogP contribution in [0.1, 0.15) is 11.1 Å². The monoisotopic (exact) mass is 780 g/mol. The number of fused-ring (bicyclic) bond motifs is 6. The van der Waals surface area contributed by atoms with Gasteiger partial charge in [0.25, 0.3) is 0 Å². The van der Waals surface area contributed by atoms with Crippen molar-refractivity contribution in [3.05, 3.63) is 242 Å². The van der Waals surface area contributed by atoms with E-state index in [-0.39, 0.29) is 0 Å². The van der Waals surface area contributed by atoms with Crippen molar-refractivity contribution in [1.29, 1.82) is 0 Å². The molecule has 3 nitrogen and oxygen atoms in total. The number of hydrogen-bond donors (Lipinski definition) is 0. The van der Waals surface area contributed by atoms with Gasteiger partial charge in [-0.3, -0.25) is 0 Å². The summed E-state index contributed by atoms with van der Waals surface area (Å²) < 4.78 is 8.67. The SMILES string of the molecule is C(=C/c1cccc2c1oc1ccccc12)/C=C/c1ccccc1N(c1ccc(-c2ccccc2)cc1)c1ccc(-c2cccc(-n3c4ccccc4c4ccccc43)c2)cc1. The summed E-state index contributed by atoms with van der Waals surface area (Å²) in [6, 6.07) is 77.7. The van der Waals surface area contributed by atoms with Gasteiger partial charge in [0, 0.05) is 44.2 Å². The van der Waals surface area contributed by atoms with Crippen LogP contribution < -0.4 is 4.90 Å². The quantitative estimate of drug-likeness (QED) is 0.136. The van der Waals surface area contributed by atoms with Gasteiger partial charge in [0.1, 0.15) is 11.2 Å². The second-order valence-electron chi connectivity index (χ2n) is 15.3. The molecule has 0 aliphatic heterocycles. The summed E-state index contributed by atoms with van der Waals surface area (Å²) in [5, 5.41) is 4.78. The van der Waals surface area contributed by atoms with E-state index in [4.69, 9.17) is 4.42 Å². The first-order chi connectivity index (χ1) is 30.3. The maximum atomic E-state index is 6.29. The minimum absolute atomic E-state index is 0.903. The van der Waals surface area contributed by atoms with E-state index in [1.165, 1.54) is 32.9 Å². The molecule has 0 aliphatic rings. The predicted octanol–water partition coefficient (Wildman–Crippen LogP) is 16.2. The number of benzene rings is 9. The molecule has 9 aromatic carbocycles. The summed E-state index contributed by atoms with van der Waals surface area (Å²) in [7, 11) is 0. The zero-order valence-electron chi connectivity index (χ0n) is 33.4. The first-order valence-corrected chi connectivity index (χ1v) is 20.8. The number of rotatable bonds is 9. The summed E-state index contributed by atoms with van der Waals surface area (Å²) in [5.41, 5.74) is 15.4. The van der Waals surface area contributed by atoms with Gasteiger partial charge >= 0.3 is 0 Å². The van der Waals surface area contributed by atoms with Gasteiger partial charge in [-0.2, -0.15) is 0 Å². The second-order valence-corrected chi connectivity index (χ2v) is 15.3. The van der Waals surface area contributed by atoms with E-state index in [2.05, 4.69) is 240 Å². The number of para-hydroxylation sites is 5. The van der Waals surface area contributed by atoms with Gasteiger partial charge in [0.05, 0.1) is 16.7 Å². The topological polar surface area (TPSA) is 21.3 Å². The molecule has 0 saturated heterocycles.